The Kier molecular flexibility index (Phi) is 10.5. The number of aromatic carboxylic acids is 1. The highest BCUT2D eigenvalue weighted by atomic mass is 16.5. The zero-order valence-electron chi connectivity index (χ0n) is 22.7. The first-order valence-corrected chi connectivity index (χ1v) is 13.1. The second kappa shape index (κ2) is 14.6. The summed E-state index contributed by atoms with van der Waals surface area (Å²) in [5.41, 5.74) is 15.2. The highest BCUT2D eigenvalue weighted by molar-refractivity contribution is 6.09. The van der Waals surface area contributed by atoms with Crippen LogP contribution in [-0.2, 0) is 14.2 Å². The lowest BCUT2D eigenvalue weighted by molar-refractivity contribution is 0.0164. The summed E-state index contributed by atoms with van der Waals surface area (Å²) < 4.78 is 22.2. The Balaban J connectivity index is 1.43. The number of hydrogen-bond donors (Lipinski definition) is 5. The van der Waals surface area contributed by atoms with E-state index in [1.807, 2.05) is 0 Å². The number of hydrogen-bond acceptors (Lipinski definition) is 10. The highest BCUT2D eigenvalue weighted by Gasteiger charge is 2.23. The fourth-order valence-corrected chi connectivity index (χ4v) is 4.31. The van der Waals surface area contributed by atoms with E-state index in [4.69, 9.17) is 35.3 Å². The smallest absolute Gasteiger partial charge is 0.336 e. The predicted octanol–water partition coefficient (Wildman–Crippen LogP) is 3.29. The van der Waals surface area contributed by atoms with Gasteiger partial charge in [0, 0.05) is 46.4 Å². The van der Waals surface area contributed by atoms with Gasteiger partial charge >= 0.3 is 5.97 Å². The maximum absolute atomic E-state index is 13.0. The van der Waals surface area contributed by atoms with Gasteiger partial charge in [0.2, 0.25) is 4.91 Å². The molecule has 0 saturated heterocycles. The van der Waals surface area contributed by atoms with Crippen LogP contribution in [0.4, 0.5) is 5.69 Å². The van der Waals surface area contributed by atoms with Gasteiger partial charge in [-0.25, -0.2) is 4.79 Å². The van der Waals surface area contributed by atoms with E-state index in [0.29, 0.717) is 78.7 Å². The number of carbonyl (C=O) groups is 2. The summed E-state index contributed by atoms with van der Waals surface area (Å²) in [5.74, 6) is -1.14. The van der Waals surface area contributed by atoms with Crippen molar-refractivity contribution in [2.45, 2.75) is 0 Å². The fourth-order valence-electron chi connectivity index (χ4n) is 4.31. The zero-order valence-corrected chi connectivity index (χ0v) is 22.7. The molecule has 2 aliphatic rings. The minimum Gasteiger partial charge on any atom is -0.478 e. The van der Waals surface area contributed by atoms with Gasteiger partial charge in [-0.2, -0.15) is 0 Å². The summed E-state index contributed by atoms with van der Waals surface area (Å²) in [6.07, 6.45) is 0. The van der Waals surface area contributed by atoms with E-state index in [2.05, 4.69) is 15.3 Å². The van der Waals surface area contributed by atoms with Gasteiger partial charge in [-0.05, 0) is 48.0 Å². The van der Waals surface area contributed by atoms with E-state index in [0.717, 1.165) is 0 Å². The summed E-state index contributed by atoms with van der Waals surface area (Å²) in [6, 6.07) is 14.3. The lowest BCUT2D eigenvalue weighted by Gasteiger charge is -2.18. The average molecular weight is 576 g/mol. The number of carboxylic acids is 1. The topological polar surface area (TPSA) is 207 Å². The van der Waals surface area contributed by atoms with Crippen LogP contribution in [0, 0.1) is 10.9 Å². The predicted molar refractivity (Wildman–Crippen MR) is 152 cm³/mol. The summed E-state index contributed by atoms with van der Waals surface area (Å²) in [6.45, 7) is 2.70. The molecule has 1 amide bonds. The van der Waals surface area contributed by atoms with Crippen LogP contribution in [0.1, 0.15) is 20.7 Å². The standard InChI is InChI=1S/C29H30N6O7/c30-19-2-5-22-25(16-19)42-26-17-20(31)3-6-23(26)27(22)24-15-18(1-4-21(24)29(37)38)28(36)33-7-9-39-11-13-41-14-12-40-10-8-34-35-32/h1-6,15-17,32H,7-14H2,(H4-,30,31,33,36,37,38)/p+1. The van der Waals surface area contributed by atoms with Crippen molar-refractivity contribution in [3.63, 3.8) is 0 Å². The largest absolute Gasteiger partial charge is 0.478 e. The van der Waals surface area contributed by atoms with Crippen molar-refractivity contribution < 1.29 is 33.3 Å². The highest BCUT2D eigenvalue weighted by Crippen LogP contribution is 2.41. The van der Waals surface area contributed by atoms with Crippen LogP contribution >= 0.6 is 0 Å². The number of fused-ring (bicyclic) bond motifs is 2. The number of nitrogen functional groups attached to an aromatic ring is 1. The van der Waals surface area contributed by atoms with Crippen LogP contribution in [-0.4, -0.2) is 69.7 Å². The monoisotopic (exact) mass is 575 g/mol. The maximum Gasteiger partial charge on any atom is 0.336 e. The van der Waals surface area contributed by atoms with Crippen LogP contribution in [0.3, 0.4) is 0 Å². The lowest BCUT2D eigenvalue weighted by atomic mass is 9.89. The third kappa shape index (κ3) is 7.62. The molecule has 0 fully saturated rings. The first kappa shape index (κ1) is 30.0. The summed E-state index contributed by atoms with van der Waals surface area (Å²) in [7, 11) is 0. The third-order valence-corrected chi connectivity index (χ3v) is 6.21. The molecule has 0 bridgehead atoms. The molecule has 0 radical (unpaired) electrons. The number of nitrogens with two attached hydrogens (primary N) is 1. The SMILES string of the molecule is N=[N+]=NCCOCCOCCOCCNC(=O)c1ccc(C(=O)O)c(-c2c3ccc(=N)cc-3oc3cc(N)ccc23)c1. The summed E-state index contributed by atoms with van der Waals surface area (Å²) in [5, 5.41) is 25.1. The van der Waals surface area contributed by atoms with Gasteiger partial charge in [0.1, 0.15) is 28.5 Å². The van der Waals surface area contributed by atoms with E-state index in [1.54, 1.807) is 42.5 Å². The van der Waals surface area contributed by atoms with Crippen LogP contribution in [0.2, 0.25) is 0 Å². The van der Waals surface area contributed by atoms with Crippen molar-refractivity contribution in [1.29, 1.82) is 10.9 Å². The number of nitrogens with zero attached hydrogens (tertiary/aromatic N) is 2. The number of anilines is 1. The Morgan fingerprint density at radius 3 is 2.40 bits per heavy atom. The molecule has 2 aromatic rings. The van der Waals surface area contributed by atoms with E-state index in [-0.39, 0.29) is 35.5 Å². The first-order valence-electron chi connectivity index (χ1n) is 13.1. The summed E-state index contributed by atoms with van der Waals surface area (Å²) in [4.78, 5) is 28.1. The molecular weight excluding hydrogens is 544 g/mol. The Morgan fingerprint density at radius 2 is 1.67 bits per heavy atom. The number of carbonyl (C=O) groups excluding carboxylic acids is 1. The Bertz CT molecular complexity index is 1650. The zero-order chi connectivity index (χ0) is 29.9. The molecule has 4 rings (SSSR count). The van der Waals surface area contributed by atoms with E-state index in [9.17, 15) is 14.7 Å². The second-order valence-corrected chi connectivity index (χ2v) is 9.07. The number of benzene rings is 3. The minimum atomic E-state index is -1.15. The molecule has 0 saturated carbocycles. The number of amides is 1. The van der Waals surface area contributed by atoms with Crippen molar-refractivity contribution in [1.82, 2.24) is 10.2 Å². The first-order chi connectivity index (χ1) is 20.4. The molecule has 1 aliphatic carbocycles. The van der Waals surface area contributed by atoms with Crippen molar-refractivity contribution >= 4 is 28.5 Å². The van der Waals surface area contributed by atoms with Crippen LogP contribution in [0.15, 0.2) is 64.1 Å². The molecule has 0 unspecified atom stereocenters. The van der Waals surface area contributed by atoms with Gasteiger partial charge in [0.25, 0.3) is 5.91 Å². The number of ether oxygens (including phenoxy) is 3. The Labute approximate surface area is 240 Å². The average Bonchev–Trinajstić information content (AvgIpc) is 2.97. The molecule has 218 valence electrons. The number of rotatable bonds is 15. The summed E-state index contributed by atoms with van der Waals surface area (Å²) >= 11 is 0. The minimum absolute atomic E-state index is 0.0132. The Hall–Kier alpha value is -4.94. The van der Waals surface area contributed by atoms with Gasteiger partial charge in [-0.3, -0.25) is 4.79 Å². The van der Waals surface area contributed by atoms with Gasteiger partial charge in [0.05, 0.1) is 50.6 Å². The van der Waals surface area contributed by atoms with Gasteiger partial charge in [0.15, 0.2) is 0 Å². The fraction of sp³-hybridized carbons (Fsp3) is 0.276. The van der Waals surface area contributed by atoms with Crippen LogP contribution in [0.25, 0.3) is 33.4 Å². The van der Waals surface area contributed by atoms with Gasteiger partial charge < -0.3 is 40.2 Å². The molecule has 0 spiro atoms. The van der Waals surface area contributed by atoms with Crippen LogP contribution < -0.4 is 21.3 Å². The van der Waals surface area contributed by atoms with E-state index >= 15 is 0 Å². The molecule has 42 heavy (non-hydrogen) atoms. The van der Waals surface area contributed by atoms with Crippen molar-refractivity contribution in [3.05, 3.63) is 71.1 Å². The second-order valence-electron chi connectivity index (χ2n) is 9.07. The molecule has 2 aromatic carbocycles. The molecular formula is C29H31N6O7+. The van der Waals surface area contributed by atoms with Crippen molar-refractivity contribution in [3.8, 4) is 22.5 Å². The molecule has 6 N–H and O–H groups in total. The third-order valence-electron chi connectivity index (χ3n) is 6.21. The molecule has 13 heteroatoms. The lowest BCUT2D eigenvalue weighted by Crippen LogP contribution is -2.27. The van der Waals surface area contributed by atoms with Gasteiger partial charge in [-0.15, -0.1) is 0 Å². The number of nitrogens with one attached hydrogen (secondary N) is 3. The van der Waals surface area contributed by atoms with Crippen LogP contribution in [0.5, 0.6) is 0 Å². The van der Waals surface area contributed by atoms with E-state index < -0.39 is 5.97 Å². The molecule has 1 heterocycles. The molecule has 1 aliphatic heterocycles. The van der Waals surface area contributed by atoms with E-state index in [1.165, 1.54) is 12.1 Å². The van der Waals surface area contributed by atoms with Crippen molar-refractivity contribution in [2.75, 3.05) is 58.5 Å². The maximum atomic E-state index is 13.0. The molecule has 0 aromatic heterocycles. The van der Waals surface area contributed by atoms with Crippen molar-refractivity contribution in [2.24, 2.45) is 5.11 Å². The Morgan fingerprint density at radius 1 is 0.929 bits per heavy atom. The van der Waals surface area contributed by atoms with Gasteiger partial charge in [-0.1, -0.05) is 0 Å². The molecule has 13 nitrogen and oxygen atoms in total. The number of carboxylic acid groups (broad SMARTS) is 1. The normalized spacial score (nSPS) is 11.0. The molecule has 0 atom stereocenters. The quantitative estimate of drug-likeness (QED) is 0.0466.